The standard InChI is InChI=1S/C45H25N5/c1-48-40-14-8-13-37-35-11-4-6-15-41(35)49(45(37)40)32-21-19-31(20-22-32)33-9-2-3-10-34(33)38-25-29(27-46)17-23-43(38)50-42-16-7-5-12-36(42)39-26-30(28-47)18-24-44(39)50/h2-26H. The van der Waals surface area contributed by atoms with Crippen LogP contribution in [0.1, 0.15) is 11.1 Å². The molecule has 5 heteroatoms. The van der Waals surface area contributed by atoms with Crippen LogP contribution in [0.4, 0.5) is 5.69 Å². The molecule has 0 saturated heterocycles. The summed E-state index contributed by atoms with van der Waals surface area (Å²) >= 11 is 0. The first-order chi connectivity index (χ1) is 24.7. The van der Waals surface area contributed by atoms with E-state index in [0.717, 1.165) is 77.2 Å². The van der Waals surface area contributed by atoms with Crippen LogP contribution in [0.15, 0.2) is 152 Å². The van der Waals surface area contributed by atoms with Crippen molar-refractivity contribution in [2.24, 2.45) is 0 Å². The molecule has 230 valence electrons. The Morgan fingerprint density at radius 3 is 1.82 bits per heavy atom. The highest BCUT2D eigenvalue weighted by atomic mass is 15.0. The van der Waals surface area contributed by atoms with Crippen molar-refractivity contribution in [3.05, 3.63) is 174 Å². The Balaban J connectivity index is 1.24. The summed E-state index contributed by atoms with van der Waals surface area (Å²) < 4.78 is 4.42. The fourth-order valence-electron chi connectivity index (χ4n) is 7.44. The maximum Gasteiger partial charge on any atom is 0.211 e. The van der Waals surface area contributed by atoms with Crippen LogP contribution in [-0.2, 0) is 0 Å². The minimum absolute atomic E-state index is 0.573. The molecular formula is C45H25N5. The number of aromatic nitrogens is 2. The average molecular weight is 636 g/mol. The summed E-state index contributed by atoms with van der Waals surface area (Å²) in [5.74, 6) is 0. The fourth-order valence-corrected chi connectivity index (χ4v) is 7.44. The number of nitriles is 2. The van der Waals surface area contributed by atoms with Crippen LogP contribution >= 0.6 is 0 Å². The minimum atomic E-state index is 0.573. The molecule has 2 heterocycles. The smallest absolute Gasteiger partial charge is 0.211 e. The highest BCUT2D eigenvalue weighted by Crippen LogP contribution is 2.41. The normalized spacial score (nSPS) is 11.1. The lowest BCUT2D eigenvalue weighted by Crippen LogP contribution is -1.99. The molecule has 0 aliphatic heterocycles. The number of benzene rings is 7. The number of hydrogen-bond donors (Lipinski definition) is 0. The Morgan fingerprint density at radius 1 is 0.480 bits per heavy atom. The van der Waals surface area contributed by atoms with Crippen LogP contribution in [0.5, 0.6) is 0 Å². The molecule has 0 atom stereocenters. The molecule has 0 spiro atoms. The number of fused-ring (bicyclic) bond motifs is 6. The van der Waals surface area contributed by atoms with Crippen molar-refractivity contribution >= 4 is 49.3 Å². The van der Waals surface area contributed by atoms with Gasteiger partial charge >= 0.3 is 0 Å². The van der Waals surface area contributed by atoms with E-state index in [1.54, 1.807) is 0 Å². The van der Waals surface area contributed by atoms with E-state index in [1.165, 1.54) is 0 Å². The molecule has 50 heavy (non-hydrogen) atoms. The summed E-state index contributed by atoms with van der Waals surface area (Å²) in [6, 6.07) is 55.5. The molecule has 0 N–H and O–H groups in total. The third-order valence-corrected chi connectivity index (χ3v) is 9.62. The summed E-state index contributed by atoms with van der Waals surface area (Å²) in [7, 11) is 0. The lowest BCUT2D eigenvalue weighted by Gasteiger charge is -2.18. The van der Waals surface area contributed by atoms with Gasteiger partial charge in [-0.1, -0.05) is 91.0 Å². The Labute approximate surface area is 288 Å². The predicted octanol–water partition coefficient (Wildman–Crippen LogP) is 11.5. The first-order valence-corrected chi connectivity index (χ1v) is 16.3. The summed E-state index contributed by atoms with van der Waals surface area (Å²) in [6.07, 6.45) is 0. The van der Waals surface area contributed by atoms with Crippen LogP contribution in [0.25, 0.3) is 82.1 Å². The van der Waals surface area contributed by atoms with Crippen molar-refractivity contribution in [3.8, 4) is 45.8 Å². The molecule has 0 saturated carbocycles. The maximum absolute atomic E-state index is 10.0. The van der Waals surface area contributed by atoms with Crippen molar-refractivity contribution in [2.75, 3.05) is 0 Å². The Hall–Kier alpha value is -7.39. The SMILES string of the molecule is [C-]#[N+]c1cccc2c3ccccc3n(-c3ccc(-c4ccccc4-c4cc(C#N)ccc4-n4c5ccccc5c5cc(C#N)ccc54)cc3)c12. The van der Waals surface area contributed by atoms with Gasteiger partial charge in [0, 0.05) is 27.4 Å². The zero-order valence-electron chi connectivity index (χ0n) is 26.7. The monoisotopic (exact) mass is 635 g/mol. The van der Waals surface area contributed by atoms with E-state index in [2.05, 4.69) is 92.8 Å². The van der Waals surface area contributed by atoms with E-state index >= 15 is 0 Å². The van der Waals surface area contributed by atoms with Crippen molar-refractivity contribution in [3.63, 3.8) is 0 Å². The molecule has 9 aromatic rings. The topological polar surface area (TPSA) is 61.8 Å². The number of para-hydroxylation sites is 3. The van der Waals surface area contributed by atoms with Gasteiger partial charge in [0.15, 0.2) is 0 Å². The number of nitrogens with zero attached hydrogens (tertiary/aromatic N) is 5. The first-order valence-electron chi connectivity index (χ1n) is 16.3. The molecule has 7 aromatic carbocycles. The largest absolute Gasteiger partial charge is 0.319 e. The second-order valence-corrected chi connectivity index (χ2v) is 12.3. The van der Waals surface area contributed by atoms with E-state index in [0.29, 0.717) is 16.8 Å². The van der Waals surface area contributed by atoms with E-state index in [1.807, 2.05) is 84.9 Å². The second-order valence-electron chi connectivity index (χ2n) is 12.3. The fraction of sp³-hybridized carbons (Fsp3) is 0. The summed E-state index contributed by atoms with van der Waals surface area (Å²) in [5, 5.41) is 23.9. The van der Waals surface area contributed by atoms with Gasteiger partial charge in [0.2, 0.25) is 5.69 Å². The molecule has 0 radical (unpaired) electrons. The van der Waals surface area contributed by atoms with Crippen LogP contribution in [0.2, 0.25) is 0 Å². The molecule has 0 amide bonds. The lowest BCUT2D eigenvalue weighted by molar-refractivity contribution is 1.18. The Kier molecular flexibility index (Phi) is 6.56. The van der Waals surface area contributed by atoms with Gasteiger partial charge in [-0.2, -0.15) is 10.5 Å². The third kappa shape index (κ3) is 4.31. The summed E-state index contributed by atoms with van der Waals surface area (Å²) in [4.78, 5) is 3.87. The van der Waals surface area contributed by atoms with Crippen molar-refractivity contribution in [2.45, 2.75) is 0 Å². The van der Waals surface area contributed by atoms with Crippen LogP contribution in [-0.4, -0.2) is 9.13 Å². The van der Waals surface area contributed by atoms with Gasteiger partial charge in [0.1, 0.15) is 0 Å². The molecule has 5 nitrogen and oxygen atoms in total. The van der Waals surface area contributed by atoms with Gasteiger partial charge in [0.05, 0.1) is 57.6 Å². The van der Waals surface area contributed by atoms with Gasteiger partial charge in [0.25, 0.3) is 0 Å². The van der Waals surface area contributed by atoms with Crippen molar-refractivity contribution < 1.29 is 0 Å². The van der Waals surface area contributed by atoms with Gasteiger partial charge in [-0.25, -0.2) is 4.85 Å². The molecule has 2 aromatic heterocycles. The van der Waals surface area contributed by atoms with Crippen LogP contribution in [0.3, 0.4) is 0 Å². The predicted molar refractivity (Wildman–Crippen MR) is 202 cm³/mol. The quantitative estimate of drug-likeness (QED) is 0.181. The van der Waals surface area contributed by atoms with E-state index in [4.69, 9.17) is 6.57 Å². The zero-order chi connectivity index (χ0) is 33.8. The highest BCUT2D eigenvalue weighted by molar-refractivity contribution is 6.13. The zero-order valence-corrected chi connectivity index (χ0v) is 26.7. The molecule has 9 rings (SSSR count). The average Bonchev–Trinajstić information content (AvgIpc) is 3.70. The number of hydrogen-bond acceptors (Lipinski definition) is 2. The molecule has 0 aliphatic carbocycles. The van der Waals surface area contributed by atoms with Gasteiger partial charge in [-0.05, 0) is 82.7 Å². The molecule has 0 bridgehead atoms. The van der Waals surface area contributed by atoms with Crippen LogP contribution in [0, 0.1) is 29.2 Å². The highest BCUT2D eigenvalue weighted by Gasteiger charge is 2.19. The van der Waals surface area contributed by atoms with Crippen molar-refractivity contribution in [1.82, 2.24) is 9.13 Å². The minimum Gasteiger partial charge on any atom is -0.319 e. The number of rotatable bonds is 4. The first kappa shape index (κ1) is 28.8. The van der Waals surface area contributed by atoms with Gasteiger partial charge in [-0.15, -0.1) is 0 Å². The van der Waals surface area contributed by atoms with E-state index in [-0.39, 0.29) is 0 Å². The lowest BCUT2D eigenvalue weighted by atomic mass is 9.92. The molecule has 0 fully saturated rings. The molecule has 0 aliphatic rings. The summed E-state index contributed by atoms with van der Waals surface area (Å²) in [5.41, 5.74) is 11.7. The van der Waals surface area contributed by atoms with Crippen LogP contribution < -0.4 is 0 Å². The van der Waals surface area contributed by atoms with Crippen molar-refractivity contribution in [1.29, 1.82) is 10.5 Å². The van der Waals surface area contributed by atoms with Gasteiger partial charge < -0.3 is 9.13 Å². The van der Waals surface area contributed by atoms with E-state index < -0.39 is 0 Å². The maximum atomic E-state index is 10.0. The second kappa shape index (κ2) is 11.4. The Morgan fingerprint density at radius 2 is 1.08 bits per heavy atom. The third-order valence-electron chi connectivity index (χ3n) is 9.62. The molecule has 0 unspecified atom stereocenters. The Bertz CT molecular complexity index is 2960. The molecular weight excluding hydrogens is 611 g/mol. The van der Waals surface area contributed by atoms with Gasteiger partial charge in [-0.3, -0.25) is 0 Å². The van der Waals surface area contributed by atoms with E-state index in [9.17, 15) is 10.5 Å². The summed E-state index contributed by atoms with van der Waals surface area (Å²) in [6.45, 7) is 7.89.